The number of hydrogen-bond donors (Lipinski definition) is 2. The molecule has 0 unspecified atom stereocenters. The van der Waals surface area contributed by atoms with Gasteiger partial charge in [-0.15, -0.1) is 0 Å². The number of anilines is 3. The number of nitrogens with zero attached hydrogens (tertiary/aromatic N) is 5. The van der Waals surface area contributed by atoms with Crippen molar-refractivity contribution in [2.75, 3.05) is 24.3 Å². The lowest BCUT2D eigenvalue weighted by atomic mass is 9.89. The van der Waals surface area contributed by atoms with Gasteiger partial charge in [-0.2, -0.15) is 4.37 Å². The fourth-order valence-corrected chi connectivity index (χ4v) is 4.36. The molecular formula is C20H27N7O2S. The molecule has 0 bridgehead atoms. The summed E-state index contributed by atoms with van der Waals surface area (Å²) in [5.41, 5.74) is 6.44. The van der Waals surface area contributed by atoms with Crippen molar-refractivity contribution in [3.8, 4) is 0 Å². The maximum atomic E-state index is 11.9. The Morgan fingerprint density at radius 3 is 2.50 bits per heavy atom. The van der Waals surface area contributed by atoms with Crippen LogP contribution in [0.5, 0.6) is 0 Å². The first-order valence-corrected chi connectivity index (χ1v) is 10.6. The molecule has 0 aromatic carbocycles. The average molecular weight is 430 g/mol. The number of carbonyl (C=O) groups excluding carboxylic acids is 2. The van der Waals surface area contributed by atoms with Crippen molar-refractivity contribution in [3.63, 3.8) is 0 Å². The molecule has 3 N–H and O–H groups in total. The fraction of sp³-hybridized carbons (Fsp3) is 0.450. The van der Waals surface area contributed by atoms with Gasteiger partial charge in [-0.3, -0.25) is 9.59 Å². The predicted molar refractivity (Wildman–Crippen MR) is 118 cm³/mol. The third-order valence-corrected chi connectivity index (χ3v) is 6.30. The van der Waals surface area contributed by atoms with Gasteiger partial charge in [0, 0.05) is 26.2 Å². The van der Waals surface area contributed by atoms with E-state index < -0.39 is 5.91 Å². The van der Waals surface area contributed by atoms with Crippen LogP contribution in [0.2, 0.25) is 0 Å². The summed E-state index contributed by atoms with van der Waals surface area (Å²) < 4.78 is 4.23. The lowest BCUT2D eigenvalue weighted by Crippen LogP contribution is -2.43. The Morgan fingerprint density at radius 1 is 1.27 bits per heavy atom. The van der Waals surface area contributed by atoms with E-state index in [-0.39, 0.29) is 23.7 Å². The zero-order valence-corrected chi connectivity index (χ0v) is 18.3. The van der Waals surface area contributed by atoms with Crippen LogP contribution < -0.4 is 16.0 Å². The number of hydrogen-bond acceptors (Lipinski definition) is 8. The third-order valence-electron chi connectivity index (χ3n) is 5.51. The number of rotatable bonds is 7. The van der Waals surface area contributed by atoms with Gasteiger partial charge in [0.25, 0.3) is 5.91 Å². The summed E-state index contributed by atoms with van der Waals surface area (Å²) in [5, 5.41) is 3.88. The van der Waals surface area contributed by atoms with Crippen molar-refractivity contribution >= 4 is 40.0 Å². The molecule has 0 aliphatic heterocycles. The third kappa shape index (κ3) is 4.76. The van der Waals surface area contributed by atoms with E-state index in [4.69, 9.17) is 5.73 Å². The first-order valence-electron chi connectivity index (χ1n) is 9.79. The number of aromatic nitrogens is 3. The molecule has 9 nitrogen and oxygen atoms in total. The number of amides is 2. The highest BCUT2D eigenvalue weighted by Gasteiger charge is 2.28. The van der Waals surface area contributed by atoms with E-state index in [1.807, 2.05) is 27.1 Å². The van der Waals surface area contributed by atoms with E-state index in [0.29, 0.717) is 11.6 Å². The smallest absolute Gasteiger partial charge is 0.271 e. The Hall–Kier alpha value is -3.01. The molecule has 2 aromatic rings. The topological polar surface area (TPSA) is 117 Å². The van der Waals surface area contributed by atoms with Gasteiger partial charge in [-0.1, -0.05) is 6.58 Å². The van der Waals surface area contributed by atoms with Gasteiger partial charge in [-0.25, -0.2) is 9.97 Å². The van der Waals surface area contributed by atoms with Crippen LogP contribution in [0.3, 0.4) is 0 Å². The standard InChI is InChI=1S/C20H27N7O2S/c1-5-17(28)27(4)14-8-6-13(7-9-14)26(3)15-11-22-18(19(21)29)20(23-15)24-16-10-12(2)25-30-16/h5,10-11,13-14H,1,6-9H2,2-4H3,(H2,21,29)(H,23,24)/t13-,14-. The van der Waals surface area contributed by atoms with Crippen molar-refractivity contribution < 1.29 is 9.59 Å². The number of carbonyl (C=O) groups is 2. The van der Waals surface area contributed by atoms with Crippen molar-refractivity contribution in [2.24, 2.45) is 5.73 Å². The lowest BCUT2D eigenvalue weighted by molar-refractivity contribution is -0.127. The van der Waals surface area contributed by atoms with Crippen LogP contribution in [0.1, 0.15) is 41.9 Å². The highest BCUT2D eigenvalue weighted by Crippen LogP contribution is 2.29. The zero-order chi connectivity index (χ0) is 21.8. The van der Waals surface area contributed by atoms with Gasteiger partial charge in [0.05, 0.1) is 11.9 Å². The van der Waals surface area contributed by atoms with Crippen LogP contribution in [-0.4, -0.2) is 57.2 Å². The maximum absolute atomic E-state index is 11.9. The molecule has 0 spiro atoms. The average Bonchev–Trinajstić information content (AvgIpc) is 3.16. The summed E-state index contributed by atoms with van der Waals surface area (Å²) in [7, 11) is 3.80. The molecule has 1 aliphatic rings. The van der Waals surface area contributed by atoms with Crippen molar-refractivity contribution in [3.05, 3.63) is 36.3 Å². The minimum atomic E-state index is -0.643. The highest BCUT2D eigenvalue weighted by molar-refractivity contribution is 7.10. The predicted octanol–water partition coefficient (Wildman–Crippen LogP) is 2.48. The van der Waals surface area contributed by atoms with Gasteiger partial charge >= 0.3 is 0 Å². The fourth-order valence-electron chi connectivity index (χ4n) is 3.70. The molecule has 2 aromatic heterocycles. The SMILES string of the molecule is C=CC(=O)N(C)[C@H]1CC[C@H](N(C)c2cnc(C(N)=O)c(Nc3cc(C)ns3)n2)CC1. The molecule has 0 radical (unpaired) electrons. The van der Waals surface area contributed by atoms with Crippen molar-refractivity contribution in [2.45, 2.75) is 44.7 Å². The first kappa shape index (κ1) is 21.7. The van der Waals surface area contributed by atoms with Crippen LogP contribution in [0.4, 0.5) is 16.6 Å². The lowest BCUT2D eigenvalue weighted by Gasteiger charge is -2.38. The van der Waals surface area contributed by atoms with Crippen LogP contribution in [0, 0.1) is 6.92 Å². The van der Waals surface area contributed by atoms with E-state index in [2.05, 4.69) is 31.1 Å². The molecule has 160 valence electrons. The second kappa shape index (κ2) is 9.21. The quantitative estimate of drug-likeness (QED) is 0.649. The molecule has 0 saturated heterocycles. The van der Waals surface area contributed by atoms with Gasteiger partial charge in [-0.05, 0) is 56.3 Å². The molecule has 30 heavy (non-hydrogen) atoms. The maximum Gasteiger partial charge on any atom is 0.271 e. The Kier molecular flexibility index (Phi) is 6.66. The largest absolute Gasteiger partial charge is 0.364 e. The second-order valence-corrected chi connectivity index (χ2v) is 8.28. The monoisotopic (exact) mass is 429 g/mol. The molecule has 10 heteroatoms. The number of nitrogens with one attached hydrogen (secondary N) is 1. The molecule has 1 aliphatic carbocycles. The van der Waals surface area contributed by atoms with Crippen molar-refractivity contribution in [1.82, 2.24) is 19.2 Å². The molecule has 1 saturated carbocycles. The minimum Gasteiger partial charge on any atom is -0.364 e. The molecular weight excluding hydrogens is 402 g/mol. The summed E-state index contributed by atoms with van der Waals surface area (Å²) in [6, 6.07) is 2.35. The molecule has 1 fully saturated rings. The summed E-state index contributed by atoms with van der Waals surface area (Å²) in [4.78, 5) is 36.4. The van der Waals surface area contributed by atoms with Crippen LogP contribution in [0.25, 0.3) is 0 Å². The Labute approximate surface area is 180 Å². The summed E-state index contributed by atoms with van der Waals surface area (Å²) in [5.74, 6) is 0.285. The zero-order valence-electron chi connectivity index (χ0n) is 17.5. The van der Waals surface area contributed by atoms with Crippen LogP contribution in [0.15, 0.2) is 24.9 Å². The Balaban J connectivity index is 1.74. The van der Waals surface area contributed by atoms with E-state index >= 15 is 0 Å². The molecule has 2 heterocycles. The van der Waals surface area contributed by atoms with Crippen LogP contribution >= 0.6 is 11.5 Å². The number of aryl methyl sites for hydroxylation is 1. The number of nitrogens with two attached hydrogens (primary N) is 1. The molecule has 3 rings (SSSR count). The van der Waals surface area contributed by atoms with Gasteiger partial charge in [0.15, 0.2) is 11.5 Å². The summed E-state index contributed by atoms with van der Waals surface area (Å²) in [6.07, 6.45) is 6.58. The Morgan fingerprint density at radius 2 is 1.93 bits per heavy atom. The minimum absolute atomic E-state index is 0.0475. The number of primary amides is 1. The van der Waals surface area contributed by atoms with E-state index in [1.165, 1.54) is 17.6 Å². The second-order valence-electron chi connectivity index (χ2n) is 7.47. The molecule has 2 amide bonds. The summed E-state index contributed by atoms with van der Waals surface area (Å²) in [6.45, 7) is 5.45. The number of likely N-dealkylation sites (N-methyl/N-ethyl adjacent to an activating group) is 1. The van der Waals surface area contributed by atoms with E-state index in [9.17, 15) is 9.59 Å². The van der Waals surface area contributed by atoms with Crippen LogP contribution in [-0.2, 0) is 4.79 Å². The Bertz CT molecular complexity index is 937. The van der Waals surface area contributed by atoms with E-state index in [1.54, 1.807) is 11.1 Å². The van der Waals surface area contributed by atoms with Gasteiger partial charge in [0.1, 0.15) is 10.8 Å². The van der Waals surface area contributed by atoms with Gasteiger partial charge in [0.2, 0.25) is 5.91 Å². The first-order chi connectivity index (χ1) is 14.3. The normalized spacial score (nSPS) is 18.5. The summed E-state index contributed by atoms with van der Waals surface area (Å²) >= 11 is 1.28. The van der Waals surface area contributed by atoms with Gasteiger partial charge < -0.3 is 20.9 Å². The van der Waals surface area contributed by atoms with E-state index in [0.717, 1.165) is 36.4 Å². The molecule has 0 atom stereocenters. The highest BCUT2D eigenvalue weighted by atomic mass is 32.1. The van der Waals surface area contributed by atoms with Crippen molar-refractivity contribution in [1.29, 1.82) is 0 Å².